The summed E-state index contributed by atoms with van der Waals surface area (Å²) in [4.78, 5) is 9.53. The molecule has 11 rings (SSSR count). The first-order chi connectivity index (χ1) is 27.9. The summed E-state index contributed by atoms with van der Waals surface area (Å²) in [5.41, 5.74) is 11.2. The van der Waals surface area contributed by atoms with E-state index >= 15 is 0 Å². The first-order valence-electron chi connectivity index (χ1n) is 21.7. The van der Waals surface area contributed by atoms with Crippen molar-refractivity contribution in [3.63, 3.8) is 0 Å². The van der Waals surface area contributed by atoms with Crippen LogP contribution in [0.2, 0.25) is 19.6 Å². The van der Waals surface area contributed by atoms with Crippen LogP contribution < -0.4 is 5.19 Å². The molecule has 58 heavy (non-hydrogen) atoms. The van der Waals surface area contributed by atoms with Gasteiger partial charge in [-0.2, -0.15) is 0 Å². The van der Waals surface area contributed by atoms with E-state index in [9.17, 15) is 0 Å². The van der Waals surface area contributed by atoms with Crippen LogP contribution in [0.3, 0.4) is 0 Å². The Morgan fingerprint density at radius 2 is 1.53 bits per heavy atom. The molecule has 299 valence electrons. The van der Waals surface area contributed by atoms with Crippen molar-refractivity contribution in [2.75, 3.05) is 0 Å². The quantitative estimate of drug-likeness (QED) is 0.113. The van der Waals surface area contributed by atoms with Gasteiger partial charge in [-0.25, -0.2) is 0 Å². The van der Waals surface area contributed by atoms with Gasteiger partial charge in [-0.3, -0.25) is 0 Å². The van der Waals surface area contributed by atoms with Crippen molar-refractivity contribution in [2.24, 2.45) is 23.7 Å². The molecule has 1 atom stereocenters. The maximum absolute atomic E-state index is 6.46. The van der Waals surface area contributed by atoms with E-state index in [4.69, 9.17) is 14.4 Å². The zero-order chi connectivity index (χ0) is 38.8. The summed E-state index contributed by atoms with van der Waals surface area (Å²) < 4.78 is 6.46. The summed E-state index contributed by atoms with van der Waals surface area (Å²) in [6.07, 6.45) is 20.8. The van der Waals surface area contributed by atoms with Gasteiger partial charge in [0, 0.05) is 37.9 Å². The second-order valence-corrected chi connectivity index (χ2v) is 23.3. The monoisotopic (exact) mass is 957 g/mol. The first-order valence-corrected chi connectivity index (χ1v) is 25.2. The minimum absolute atomic E-state index is 0. The molecule has 4 aliphatic rings. The van der Waals surface area contributed by atoms with Crippen molar-refractivity contribution in [1.82, 2.24) is 9.97 Å². The Balaban J connectivity index is 0.000000172. The van der Waals surface area contributed by atoms with Gasteiger partial charge in [-0.1, -0.05) is 141 Å². The average molecular weight is 957 g/mol. The summed E-state index contributed by atoms with van der Waals surface area (Å²) >= 11 is 0. The summed E-state index contributed by atoms with van der Waals surface area (Å²) in [7, 11) is -1.36. The smallest absolute Gasteiger partial charge is 0.121 e. The molecular weight excluding hydrogens is 901 g/mol. The van der Waals surface area contributed by atoms with Crippen molar-refractivity contribution in [3.8, 4) is 33.6 Å². The zero-order valence-corrected chi connectivity index (χ0v) is 37.8. The molecule has 4 aliphatic carbocycles. The Morgan fingerprint density at radius 3 is 2.28 bits per heavy atom. The van der Waals surface area contributed by atoms with Gasteiger partial charge < -0.3 is 14.4 Å². The molecule has 4 fully saturated rings. The van der Waals surface area contributed by atoms with Crippen molar-refractivity contribution in [2.45, 2.75) is 96.7 Å². The van der Waals surface area contributed by atoms with Gasteiger partial charge in [-0.15, -0.1) is 54.1 Å². The van der Waals surface area contributed by atoms with Crippen molar-refractivity contribution in [3.05, 3.63) is 139 Å². The summed E-state index contributed by atoms with van der Waals surface area (Å²) in [6, 6.07) is 42.8. The van der Waals surface area contributed by atoms with E-state index in [1.54, 1.807) is 10.8 Å². The SMILES string of the molecule is C[Si](C)(C)c1cnc(-c2[c-]cccc2)cc1CC1CCCCC1.[Ir].[c-]1ccc2c(oc3cccc(-c4ccccc4)c32)c1-c1cc(CC2CC3CCC2CC3)ccn1. The Kier molecular flexibility index (Phi) is 12.6. The summed E-state index contributed by atoms with van der Waals surface area (Å²) in [6.45, 7) is 7.30. The van der Waals surface area contributed by atoms with E-state index in [0.717, 1.165) is 68.1 Å². The molecule has 1 radical (unpaired) electrons. The van der Waals surface area contributed by atoms with Gasteiger partial charge in [0.15, 0.2) is 0 Å². The number of furan rings is 1. The molecule has 0 N–H and O–H groups in total. The fourth-order valence-corrected chi connectivity index (χ4v) is 12.0. The minimum atomic E-state index is -1.36. The molecule has 0 amide bonds. The minimum Gasteiger partial charge on any atom is -0.501 e. The normalized spacial score (nSPS) is 19.4. The molecule has 0 saturated heterocycles. The molecule has 2 bridgehead atoms. The van der Waals surface area contributed by atoms with E-state index in [1.165, 1.54) is 93.7 Å². The van der Waals surface area contributed by atoms with Gasteiger partial charge in [0.2, 0.25) is 0 Å². The fourth-order valence-electron chi connectivity index (χ4n) is 10.4. The maximum Gasteiger partial charge on any atom is 0.121 e. The number of nitrogens with zero attached hydrogens (tertiary/aromatic N) is 2. The molecule has 5 heteroatoms. The standard InChI is InChI=1S/C32H28NO.C21H28NSi.Ir/c1-2-6-24(7-3-1)26-8-5-11-30-31(26)28-10-4-9-27(32(28)34-30)29-20-22(16-17-33-29)19-25-18-21-12-14-23(25)15-13-21;1-23(2,3)21-16-22-20(18-12-8-5-9-13-18)15-19(21)14-17-10-6-4-7-11-17;/h1-8,10-11,16-17,20-21,23,25H,12-15,18-19H2;5,8-9,12,15-17H,4,6-7,10-11,14H2,1-3H3;/q2*-1;. The third-order valence-electron chi connectivity index (χ3n) is 13.3. The molecular formula is C53H56IrN2OSi-2. The van der Waals surface area contributed by atoms with Crippen LogP contribution in [0, 0.1) is 35.8 Å². The van der Waals surface area contributed by atoms with Gasteiger partial charge in [-0.05, 0) is 95.6 Å². The second kappa shape index (κ2) is 18.0. The molecule has 4 saturated carbocycles. The third kappa shape index (κ3) is 8.88. The van der Waals surface area contributed by atoms with E-state index in [-0.39, 0.29) is 20.1 Å². The van der Waals surface area contributed by atoms with E-state index in [0.29, 0.717) is 0 Å². The predicted molar refractivity (Wildman–Crippen MR) is 240 cm³/mol. The molecule has 1 unspecified atom stereocenters. The van der Waals surface area contributed by atoms with Crippen molar-refractivity contribution >= 4 is 35.2 Å². The number of pyridine rings is 2. The van der Waals surface area contributed by atoms with Crippen molar-refractivity contribution < 1.29 is 24.5 Å². The Morgan fingerprint density at radius 1 is 0.724 bits per heavy atom. The van der Waals surface area contributed by atoms with Gasteiger partial charge in [0.1, 0.15) is 5.58 Å². The first kappa shape index (κ1) is 40.6. The molecule has 3 aromatic heterocycles. The summed E-state index contributed by atoms with van der Waals surface area (Å²) in [5, 5.41) is 3.83. The Labute approximate surface area is 360 Å². The number of hydrogen-bond donors (Lipinski definition) is 0. The van der Waals surface area contributed by atoms with Crippen LogP contribution in [-0.4, -0.2) is 18.0 Å². The Bertz CT molecular complexity index is 2440. The Hall–Kier alpha value is -4.15. The number of fused-ring (bicyclic) bond motifs is 6. The molecule has 0 spiro atoms. The predicted octanol–water partition coefficient (Wildman–Crippen LogP) is 13.7. The number of benzene rings is 4. The van der Waals surface area contributed by atoms with Crippen LogP contribution in [0.5, 0.6) is 0 Å². The van der Waals surface area contributed by atoms with Crippen LogP contribution >= 0.6 is 0 Å². The van der Waals surface area contributed by atoms with Crippen LogP contribution in [0.15, 0.2) is 120 Å². The van der Waals surface area contributed by atoms with Crippen LogP contribution in [0.25, 0.3) is 55.6 Å². The summed E-state index contributed by atoms with van der Waals surface area (Å²) in [5.74, 6) is 3.59. The molecule has 7 aromatic rings. The van der Waals surface area contributed by atoms with Crippen LogP contribution in [-0.2, 0) is 32.9 Å². The van der Waals surface area contributed by atoms with Gasteiger partial charge in [0.25, 0.3) is 0 Å². The average Bonchev–Trinajstić information content (AvgIpc) is 3.64. The van der Waals surface area contributed by atoms with Gasteiger partial charge >= 0.3 is 0 Å². The zero-order valence-electron chi connectivity index (χ0n) is 34.4. The number of aromatic nitrogens is 2. The van der Waals surface area contributed by atoms with E-state index in [2.05, 4.69) is 123 Å². The topological polar surface area (TPSA) is 38.9 Å². The molecule has 4 aromatic carbocycles. The van der Waals surface area contributed by atoms with Gasteiger partial charge in [0.05, 0.1) is 13.7 Å². The molecule has 3 nitrogen and oxygen atoms in total. The maximum atomic E-state index is 6.46. The molecule has 0 aliphatic heterocycles. The second-order valence-electron chi connectivity index (χ2n) is 18.2. The van der Waals surface area contributed by atoms with Crippen LogP contribution in [0.4, 0.5) is 0 Å². The van der Waals surface area contributed by atoms with Crippen LogP contribution in [0.1, 0.15) is 75.3 Å². The molecule has 3 heterocycles. The fraction of sp³-hybridized carbons (Fsp3) is 0.358. The third-order valence-corrected chi connectivity index (χ3v) is 15.4. The largest absolute Gasteiger partial charge is 0.501 e. The van der Waals surface area contributed by atoms with Crippen molar-refractivity contribution in [1.29, 1.82) is 0 Å². The van der Waals surface area contributed by atoms with E-state index < -0.39 is 8.07 Å². The van der Waals surface area contributed by atoms with E-state index in [1.807, 2.05) is 24.4 Å². The number of hydrogen-bond acceptors (Lipinski definition) is 3. The number of rotatable bonds is 8.